The molecule has 3 aromatic rings. The van der Waals surface area contributed by atoms with Gasteiger partial charge in [-0.2, -0.15) is 0 Å². The van der Waals surface area contributed by atoms with Gasteiger partial charge >= 0.3 is 5.91 Å². The van der Waals surface area contributed by atoms with Crippen molar-refractivity contribution in [2.24, 2.45) is 0 Å². The Bertz CT molecular complexity index is 774. The highest BCUT2D eigenvalue weighted by atomic mass is 16.2. The molecule has 0 heterocycles. The molecular weight excluding hydrogens is 234 g/mol. The van der Waals surface area contributed by atoms with Crippen molar-refractivity contribution in [2.75, 3.05) is 14.1 Å². The van der Waals surface area contributed by atoms with E-state index in [9.17, 15) is 4.79 Å². The van der Waals surface area contributed by atoms with E-state index in [1.54, 1.807) is 19.0 Å². The fourth-order valence-corrected chi connectivity index (χ4v) is 2.39. The van der Waals surface area contributed by atoms with Gasteiger partial charge in [0.2, 0.25) is 0 Å². The molecule has 0 aromatic heterocycles. The Kier molecular flexibility index (Phi) is 2.80. The van der Waals surface area contributed by atoms with Crippen LogP contribution >= 0.6 is 0 Å². The molecule has 0 N–H and O–H groups in total. The highest BCUT2D eigenvalue weighted by molar-refractivity contribution is 6.11. The third-order valence-corrected chi connectivity index (χ3v) is 3.38. The van der Waals surface area contributed by atoms with Gasteiger partial charge in [-0.15, -0.1) is 4.90 Å². The quantitative estimate of drug-likeness (QED) is 0.478. The molecule has 0 fully saturated rings. The van der Waals surface area contributed by atoms with Crippen molar-refractivity contribution in [3.63, 3.8) is 0 Å². The minimum Gasteiger partial charge on any atom is -0.220 e. The number of benzene rings is 3. The Morgan fingerprint density at radius 3 is 2.16 bits per heavy atom. The van der Waals surface area contributed by atoms with Gasteiger partial charge < -0.3 is 0 Å². The lowest BCUT2D eigenvalue weighted by molar-refractivity contribution is 0.0905. The Morgan fingerprint density at radius 2 is 1.47 bits per heavy atom. The molecular formula is C17H15NO+. The number of carbonyl (C=O) groups excluding carboxylic acids is 1. The van der Waals surface area contributed by atoms with Crippen LogP contribution in [0, 0.1) is 0 Å². The summed E-state index contributed by atoms with van der Waals surface area (Å²) in [7, 11) is 3.56. The average Bonchev–Trinajstić information content (AvgIpc) is 2.43. The molecule has 0 saturated heterocycles. The normalized spacial score (nSPS) is 11.3. The molecule has 2 heteroatoms. The van der Waals surface area contributed by atoms with Crippen LogP contribution in [0.25, 0.3) is 21.5 Å². The van der Waals surface area contributed by atoms with Crippen LogP contribution in [-0.4, -0.2) is 20.0 Å². The van der Waals surface area contributed by atoms with E-state index in [1.165, 1.54) is 5.39 Å². The van der Waals surface area contributed by atoms with Crippen molar-refractivity contribution < 1.29 is 4.79 Å². The molecule has 1 radical (unpaired) electrons. The largest absolute Gasteiger partial charge is 0.393 e. The van der Waals surface area contributed by atoms with Gasteiger partial charge in [-0.25, -0.2) is 4.79 Å². The van der Waals surface area contributed by atoms with E-state index < -0.39 is 0 Å². The predicted molar refractivity (Wildman–Crippen MR) is 79.8 cm³/mol. The third kappa shape index (κ3) is 2.00. The van der Waals surface area contributed by atoms with E-state index in [4.69, 9.17) is 0 Å². The van der Waals surface area contributed by atoms with Gasteiger partial charge in [-0.1, -0.05) is 36.4 Å². The zero-order valence-corrected chi connectivity index (χ0v) is 11.1. The number of rotatable bonds is 1. The van der Waals surface area contributed by atoms with Gasteiger partial charge in [-0.05, 0) is 39.7 Å². The summed E-state index contributed by atoms with van der Waals surface area (Å²) >= 11 is 0. The van der Waals surface area contributed by atoms with Crippen LogP contribution in [0.4, 0.5) is 0 Å². The first kappa shape index (κ1) is 11.9. The van der Waals surface area contributed by atoms with Crippen LogP contribution in [-0.2, 0) is 0 Å². The van der Waals surface area contributed by atoms with Gasteiger partial charge in [0.15, 0.2) is 0 Å². The molecule has 0 atom stereocenters. The first-order valence-electron chi connectivity index (χ1n) is 6.30. The standard InChI is InChI=1S/C17H15NO/c1-18(2)17(19)15-9-5-8-14-10-12-6-3-4-7-13(12)11-16(14)15/h3-11H,1-2H3/q+1. The first-order valence-corrected chi connectivity index (χ1v) is 6.30. The van der Waals surface area contributed by atoms with Gasteiger partial charge in [0.1, 0.15) is 14.1 Å². The van der Waals surface area contributed by atoms with Crippen molar-refractivity contribution in [1.29, 1.82) is 0 Å². The molecule has 2 nitrogen and oxygen atoms in total. The fraction of sp³-hybridized carbons (Fsp3) is 0.118. The average molecular weight is 249 g/mol. The topological polar surface area (TPSA) is 23.0 Å². The van der Waals surface area contributed by atoms with E-state index in [1.807, 2.05) is 30.3 Å². The van der Waals surface area contributed by atoms with Crippen LogP contribution in [0.2, 0.25) is 0 Å². The van der Waals surface area contributed by atoms with Crippen LogP contribution < -0.4 is 4.90 Å². The summed E-state index contributed by atoms with van der Waals surface area (Å²) in [4.78, 5) is 13.8. The highest BCUT2D eigenvalue weighted by Gasteiger charge is 2.20. The Morgan fingerprint density at radius 1 is 0.842 bits per heavy atom. The SMILES string of the molecule is C[N+](C)C(=O)c1cccc2cc3ccccc3cc12. The minimum absolute atomic E-state index is 0.0425. The predicted octanol–water partition coefficient (Wildman–Crippen LogP) is 3.53. The summed E-state index contributed by atoms with van der Waals surface area (Å²) in [5, 5.41) is 4.48. The molecule has 0 unspecified atom stereocenters. The van der Waals surface area contributed by atoms with Crippen LogP contribution in [0.15, 0.2) is 54.6 Å². The lowest BCUT2D eigenvalue weighted by atomic mass is 9.99. The maximum Gasteiger partial charge on any atom is 0.393 e. The first-order chi connectivity index (χ1) is 9.16. The Balaban J connectivity index is 2.35. The monoisotopic (exact) mass is 249 g/mol. The van der Waals surface area contributed by atoms with E-state index in [2.05, 4.69) is 24.3 Å². The molecule has 3 aromatic carbocycles. The third-order valence-electron chi connectivity index (χ3n) is 3.38. The molecule has 0 aliphatic heterocycles. The zero-order chi connectivity index (χ0) is 13.4. The van der Waals surface area contributed by atoms with Crippen molar-refractivity contribution >= 4 is 27.5 Å². The number of nitrogens with zero attached hydrogens (tertiary/aromatic N) is 1. The molecule has 0 spiro atoms. The molecule has 93 valence electrons. The maximum atomic E-state index is 12.2. The molecule has 0 aliphatic rings. The summed E-state index contributed by atoms with van der Waals surface area (Å²) in [6, 6.07) is 18.3. The molecule has 19 heavy (non-hydrogen) atoms. The van der Waals surface area contributed by atoms with Gasteiger partial charge in [0.25, 0.3) is 0 Å². The van der Waals surface area contributed by atoms with Crippen LogP contribution in [0.3, 0.4) is 0 Å². The van der Waals surface area contributed by atoms with Crippen LogP contribution in [0.1, 0.15) is 10.4 Å². The Hall–Kier alpha value is -2.19. The number of hydrogen-bond acceptors (Lipinski definition) is 1. The second kappa shape index (κ2) is 4.48. The van der Waals surface area contributed by atoms with E-state index in [0.29, 0.717) is 0 Å². The summed E-state index contributed by atoms with van der Waals surface area (Å²) in [6.45, 7) is 0. The van der Waals surface area contributed by atoms with Crippen molar-refractivity contribution in [1.82, 2.24) is 4.90 Å². The summed E-state index contributed by atoms with van der Waals surface area (Å²) in [5.41, 5.74) is 0.758. The maximum absolute atomic E-state index is 12.2. The van der Waals surface area contributed by atoms with Crippen molar-refractivity contribution in [3.05, 3.63) is 60.2 Å². The minimum atomic E-state index is 0.0425. The lowest BCUT2D eigenvalue weighted by Gasteiger charge is -2.06. The number of fused-ring (bicyclic) bond motifs is 2. The molecule has 0 saturated carbocycles. The lowest BCUT2D eigenvalue weighted by Crippen LogP contribution is -2.27. The van der Waals surface area contributed by atoms with Crippen molar-refractivity contribution in [2.45, 2.75) is 0 Å². The van der Waals surface area contributed by atoms with Gasteiger partial charge in [0, 0.05) is 0 Å². The van der Waals surface area contributed by atoms with E-state index in [-0.39, 0.29) is 5.91 Å². The zero-order valence-electron chi connectivity index (χ0n) is 11.1. The van der Waals surface area contributed by atoms with Crippen LogP contribution in [0.5, 0.6) is 0 Å². The summed E-state index contributed by atoms with van der Waals surface area (Å²) < 4.78 is 0. The smallest absolute Gasteiger partial charge is 0.220 e. The molecule has 3 rings (SSSR count). The molecule has 0 aliphatic carbocycles. The second-order valence-corrected chi connectivity index (χ2v) is 4.93. The fourth-order valence-electron chi connectivity index (χ4n) is 2.39. The highest BCUT2D eigenvalue weighted by Crippen LogP contribution is 2.25. The number of hydrogen-bond donors (Lipinski definition) is 0. The number of amides is 1. The summed E-state index contributed by atoms with van der Waals surface area (Å²) in [6.07, 6.45) is 0. The number of carbonyl (C=O) groups is 1. The molecule has 0 bridgehead atoms. The van der Waals surface area contributed by atoms with Crippen molar-refractivity contribution in [3.8, 4) is 0 Å². The van der Waals surface area contributed by atoms with Gasteiger partial charge in [0.05, 0.1) is 5.56 Å². The summed E-state index contributed by atoms with van der Waals surface area (Å²) in [5.74, 6) is 0.0425. The second-order valence-electron chi connectivity index (χ2n) is 4.93. The van der Waals surface area contributed by atoms with Gasteiger partial charge in [-0.3, -0.25) is 0 Å². The Labute approximate surface area is 112 Å². The molecule has 1 amide bonds. The van der Waals surface area contributed by atoms with E-state index >= 15 is 0 Å². The van der Waals surface area contributed by atoms with E-state index in [0.717, 1.165) is 21.7 Å².